The van der Waals surface area contributed by atoms with Crippen LogP contribution in [0.2, 0.25) is 0 Å². The summed E-state index contributed by atoms with van der Waals surface area (Å²) < 4.78 is 6.99. The molecule has 0 fully saturated rings. The van der Waals surface area contributed by atoms with Gasteiger partial charge in [0.05, 0.1) is 11.0 Å². The Labute approximate surface area is 118 Å². The number of thiophene rings is 1. The molecule has 2 nitrogen and oxygen atoms in total. The number of halogens is 1. The molecule has 1 heterocycles. The molecule has 1 aromatic heterocycles. The predicted molar refractivity (Wildman–Crippen MR) is 76.1 cm³/mol. The molecule has 0 aliphatic heterocycles. The van der Waals surface area contributed by atoms with Gasteiger partial charge in [-0.25, -0.2) is 0 Å². The molecule has 0 amide bonds. The standard InChI is InChI=1S/C14H13BrO2S/c15-11-6-7-18-14(11)8-17-13-3-1-2-9-10(13)4-5-12(9)16/h1-3,6-7,12,16H,4-5,8H2. The normalized spacial score (nSPS) is 17.8. The molecule has 1 aliphatic rings. The molecule has 2 aromatic rings. The molecule has 0 spiro atoms. The minimum absolute atomic E-state index is 0.322. The van der Waals surface area contributed by atoms with Crippen molar-refractivity contribution >= 4 is 27.3 Å². The maximum Gasteiger partial charge on any atom is 0.124 e. The number of hydrogen-bond acceptors (Lipinski definition) is 3. The third kappa shape index (κ3) is 2.20. The third-order valence-corrected chi connectivity index (χ3v) is 5.15. The zero-order chi connectivity index (χ0) is 12.5. The van der Waals surface area contributed by atoms with Crippen LogP contribution < -0.4 is 4.74 Å². The fourth-order valence-electron chi connectivity index (χ4n) is 2.31. The lowest BCUT2D eigenvalue weighted by Crippen LogP contribution is -1.97. The van der Waals surface area contributed by atoms with Crippen LogP contribution >= 0.6 is 27.3 Å². The lowest BCUT2D eigenvalue weighted by atomic mass is 10.1. The molecule has 0 bridgehead atoms. The fraction of sp³-hybridized carbons (Fsp3) is 0.286. The topological polar surface area (TPSA) is 29.5 Å². The second-order valence-electron chi connectivity index (χ2n) is 4.36. The van der Waals surface area contributed by atoms with Gasteiger partial charge in [-0.2, -0.15) is 0 Å². The van der Waals surface area contributed by atoms with Gasteiger partial charge in [-0.3, -0.25) is 0 Å². The lowest BCUT2D eigenvalue weighted by Gasteiger charge is -2.10. The van der Waals surface area contributed by atoms with Gasteiger partial charge in [-0.15, -0.1) is 11.3 Å². The monoisotopic (exact) mass is 324 g/mol. The van der Waals surface area contributed by atoms with E-state index in [2.05, 4.69) is 15.9 Å². The lowest BCUT2D eigenvalue weighted by molar-refractivity contribution is 0.180. The summed E-state index contributed by atoms with van der Waals surface area (Å²) in [6.45, 7) is 0.574. The Balaban J connectivity index is 1.80. The van der Waals surface area contributed by atoms with Crippen molar-refractivity contribution in [1.29, 1.82) is 0 Å². The summed E-state index contributed by atoms with van der Waals surface area (Å²) in [6, 6.07) is 7.95. The van der Waals surface area contributed by atoms with Crippen molar-refractivity contribution in [2.45, 2.75) is 25.6 Å². The van der Waals surface area contributed by atoms with Crippen molar-refractivity contribution in [3.05, 3.63) is 50.1 Å². The average molecular weight is 325 g/mol. The minimum Gasteiger partial charge on any atom is -0.488 e. The molecule has 1 N–H and O–H groups in total. The highest BCUT2D eigenvalue weighted by Gasteiger charge is 2.23. The summed E-state index contributed by atoms with van der Waals surface area (Å²) in [5.41, 5.74) is 2.19. The molecule has 1 atom stereocenters. The minimum atomic E-state index is -0.322. The van der Waals surface area contributed by atoms with Crippen LogP contribution in [0.1, 0.15) is 28.5 Å². The number of aliphatic hydroxyl groups is 1. The van der Waals surface area contributed by atoms with E-state index >= 15 is 0 Å². The van der Waals surface area contributed by atoms with E-state index in [1.807, 2.05) is 29.6 Å². The zero-order valence-electron chi connectivity index (χ0n) is 9.73. The van der Waals surface area contributed by atoms with Crippen LogP contribution in [-0.2, 0) is 13.0 Å². The van der Waals surface area contributed by atoms with E-state index < -0.39 is 0 Å². The molecule has 4 heteroatoms. The van der Waals surface area contributed by atoms with E-state index in [9.17, 15) is 5.11 Å². The van der Waals surface area contributed by atoms with Crippen molar-refractivity contribution in [2.75, 3.05) is 0 Å². The fourth-order valence-corrected chi connectivity index (χ4v) is 3.68. The van der Waals surface area contributed by atoms with Crippen molar-refractivity contribution in [1.82, 2.24) is 0 Å². The van der Waals surface area contributed by atoms with Gasteiger partial charge >= 0.3 is 0 Å². The van der Waals surface area contributed by atoms with Crippen LogP contribution in [0, 0.1) is 0 Å². The van der Waals surface area contributed by atoms with Crippen LogP contribution in [0.3, 0.4) is 0 Å². The average Bonchev–Trinajstić information content (AvgIpc) is 2.95. The van der Waals surface area contributed by atoms with Crippen LogP contribution in [0.15, 0.2) is 34.1 Å². The summed E-state index contributed by atoms with van der Waals surface area (Å²) in [4.78, 5) is 1.19. The summed E-state index contributed by atoms with van der Waals surface area (Å²) in [5.74, 6) is 0.907. The van der Waals surface area contributed by atoms with Gasteiger partial charge in [-0.1, -0.05) is 12.1 Å². The molecule has 1 unspecified atom stereocenters. The highest BCUT2D eigenvalue weighted by atomic mass is 79.9. The van der Waals surface area contributed by atoms with Crippen molar-refractivity contribution < 1.29 is 9.84 Å². The van der Waals surface area contributed by atoms with E-state index in [1.54, 1.807) is 11.3 Å². The number of fused-ring (bicyclic) bond motifs is 1. The highest BCUT2D eigenvalue weighted by Crippen LogP contribution is 2.37. The first-order valence-electron chi connectivity index (χ1n) is 5.90. The molecule has 0 saturated carbocycles. The van der Waals surface area contributed by atoms with Gasteiger partial charge in [0.1, 0.15) is 12.4 Å². The molecular weight excluding hydrogens is 312 g/mol. The Hall–Kier alpha value is -0.840. The second-order valence-corrected chi connectivity index (χ2v) is 6.21. The molecule has 0 saturated heterocycles. The Kier molecular flexibility index (Phi) is 3.41. The number of aliphatic hydroxyl groups excluding tert-OH is 1. The third-order valence-electron chi connectivity index (χ3n) is 3.25. The molecule has 18 heavy (non-hydrogen) atoms. The molecule has 94 valence electrons. The quantitative estimate of drug-likeness (QED) is 0.922. The van der Waals surface area contributed by atoms with Crippen LogP contribution in [0.25, 0.3) is 0 Å². The second kappa shape index (κ2) is 5.03. The Morgan fingerprint density at radius 1 is 1.39 bits per heavy atom. The van der Waals surface area contributed by atoms with Crippen molar-refractivity contribution in [3.8, 4) is 5.75 Å². The molecule has 3 rings (SSSR count). The van der Waals surface area contributed by atoms with Gasteiger partial charge in [-0.05, 0) is 51.8 Å². The molecule has 1 aliphatic carbocycles. The van der Waals surface area contributed by atoms with Crippen LogP contribution in [-0.4, -0.2) is 5.11 Å². The Morgan fingerprint density at radius 3 is 3.06 bits per heavy atom. The maximum absolute atomic E-state index is 9.84. The van der Waals surface area contributed by atoms with E-state index in [-0.39, 0.29) is 6.10 Å². The number of benzene rings is 1. The van der Waals surface area contributed by atoms with Crippen LogP contribution in [0.4, 0.5) is 0 Å². The van der Waals surface area contributed by atoms with Gasteiger partial charge in [0.25, 0.3) is 0 Å². The highest BCUT2D eigenvalue weighted by molar-refractivity contribution is 9.10. The summed E-state index contributed by atoms with van der Waals surface area (Å²) in [7, 11) is 0. The SMILES string of the molecule is OC1CCc2c(OCc3sccc3Br)cccc21. The molecule has 0 radical (unpaired) electrons. The number of hydrogen-bond donors (Lipinski definition) is 1. The Morgan fingerprint density at radius 2 is 2.28 bits per heavy atom. The summed E-state index contributed by atoms with van der Waals surface area (Å²) in [5, 5.41) is 11.9. The number of rotatable bonds is 3. The van der Waals surface area contributed by atoms with Crippen molar-refractivity contribution in [3.63, 3.8) is 0 Å². The molecule has 1 aromatic carbocycles. The largest absolute Gasteiger partial charge is 0.488 e. The zero-order valence-corrected chi connectivity index (χ0v) is 12.1. The van der Waals surface area contributed by atoms with Crippen molar-refractivity contribution in [2.24, 2.45) is 0 Å². The first kappa shape index (κ1) is 12.2. The smallest absolute Gasteiger partial charge is 0.124 e. The van der Waals surface area contributed by atoms with E-state index in [4.69, 9.17) is 4.74 Å². The van der Waals surface area contributed by atoms with Gasteiger partial charge < -0.3 is 9.84 Å². The van der Waals surface area contributed by atoms with E-state index in [0.717, 1.165) is 34.2 Å². The summed E-state index contributed by atoms with van der Waals surface area (Å²) >= 11 is 5.18. The Bertz CT molecular complexity index is 565. The van der Waals surface area contributed by atoms with E-state index in [1.165, 1.54) is 4.88 Å². The van der Waals surface area contributed by atoms with Crippen LogP contribution in [0.5, 0.6) is 5.75 Å². The first-order chi connectivity index (χ1) is 8.75. The predicted octanol–water partition coefficient (Wildman–Crippen LogP) is 4.07. The summed E-state index contributed by atoms with van der Waals surface area (Å²) in [6.07, 6.45) is 1.38. The number of ether oxygens (including phenoxy) is 1. The maximum atomic E-state index is 9.84. The molecular formula is C14H13BrO2S. The van der Waals surface area contributed by atoms with E-state index in [0.29, 0.717) is 6.61 Å². The van der Waals surface area contributed by atoms with Gasteiger partial charge in [0.15, 0.2) is 0 Å². The first-order valence-corrected chi connectivity index (χ1v) is 7.57. The van der Waals surface area contributed by atoms with Gasteiger partial charge in [0.2, 0.25) is 0 Å². The van der Waals surface area contributed by atoms with Gasteiger partial charge in [0, 0.05) is 10.0 Å².